The quantitative estimate of drug-likeness (QED) is 0.714. The molecule has 7 nitrogen and oxygen atoms in total. The van der Waals surface area contributed by atoms with Crippen LogP contribution in [-0.4, -0.2) is 33.8 Å². The molecule has 0 saturated carbocycles. The summed E-state index contributed by atoms with van der Waals surface area (Å²) in [5.41, 5.74) is 2.25. The Bertz CT molecular complexity index is 817. The summed E-state index contributed by atoms with van der Waals surface area (Å²) >= 11 is 0. The first-order valence-corrected chi connectivity index (χ1v) is 8.75. The maximum atomic E-state index is 12.2. The zero-order valence-electron chi connectivity index (χ0n) is 14.5. The summed E-state index contributed by atoms with van der Waals surface area (Å²) in [5.74, 6) is -0.286. The van der Waals surface area contributed by atoms with E-state index < -0.39 is 11.7 Å². The Hall–Kier alpha value is -2.67. The minimum atomic E-state index is -0.508. The van der Waals surface area contributed by atoms with Gasteiger partial charge in [0, 0.05) is 24.4 Å². The molecule has 0 saturated heterocycles. The molecule has 7 heteroatoms. The number of rotatable bonds is 8. The molecule has 1 aromatic carbocycles. The summed E-state index contributed by atoms with van der Waals surface area (Å²) in [4.78, 5) is 28.1. The van der Waals surface area contributed by atoms with E-state index in [1.165, 1.54) is 0 Å². The standard InChI is InChI=1S/C19H22N2O5/c22-11-5-10-21-16-9-4-8-15(16)18(20-19(21)24)26-13-17(23)25-12-14-6-2-1-3-7-14/h1-3,6-7,22H,4-5,8-13H2. The fourth-order valence-electron chi connectivity index (χ4n) is 3.07. The van der Waals surface area contributed by atoms with Gasteiger partial charge in [-0.15, -0.1) is 0 Å². The number of aromatic nitrogens is 2. The summed E-state index contributed by atoms with van der Waals surface area (Å²) in [7, 11) is 0. The predicted octanol–water partition coefficient (Wildman–Crippen LogP) is 1.24. The summed E-state index contributed by atoms with van der Waals surface area (Å²) in [6.07, 6.45) is 2.94. The van der Waals surface area contributed by atoms with Crippen LogP contribution in [0.25, 0.3) is 0 Å². The van der Waals surface area contributed by atoms with Crippen LogP contribution in [0.3, 0.4) is 0 Å². The predicted molar refractivity (Wildman–Crippen MR) is 94.0 cm³/mol. The summed E-state index contributed by atoms with van der Waals surface area (Å²) in [5, 5.41) is 8.99. The molecule has 0 bridgehead atoms. The number of fused-ring (bicyclic) bond motifs is 1. The van der Waals surface area contributed by atoms with E-state index in [0.29, 0.717) is 13.0 Å². The van der Waals surface area contributed by atoms with Crippen molar-refractivity contribution in [3.8, 4) is 5.88 Å². The molecule has 0 atom stereocenters. The molecule has 1 heterocycles. The number of hydrogen-bond acceptors (Lipinski definition) is 6. The van der Waals surface area contributed by atoms with Gasteiger partial charge in [-0.1, -0.05) is 30.3 Å². The largest absolute Gasteiger partial charge is 0.465 e. The van der Waals surface area contributed by atoms with Crippen LogP contribution >= 0.6 is 0 Å². The number of aliphatic hydroxyl groups excluding tert-OH is 1. The fourth-order valence-corrected chi connectivity index (χ4v) is 3.07. The maximum Gasteiger partial charge on any atom is 0.351 e. The van der Waals surface area contributed by atoms with E-state index in [-0.39, 0.29) is 25.7 Å². The van der Waals surface area contributed by atoms with Gasteiger partial charge in [-0.3, -0.25) is 4.57 Å². The van der Waals surface area contributed by atoms with Crippen molar-refractivity contribution in [3.05, 3.63) is 57.6 Å². The third-order valence-electron chi connectivity index (χ3n) is 4.31. The fraction of sp³-hybridized carbons (Fsp3) is 0.421. The van der Waals surface area contributed by atoms with Gasteiger partial charge < -0.3 is 14.6 Å². The second-order valence-electron chi connectivity index (χ2n) is 6.14. The lowest BCUT2D eigenvalue weighted by molar-refractivity contribution is -0.147. The number of carbonyl (C=O) groups is 1. The highest BCUT2D eigenvalue weighted by atomic mass is 16.6. The normalized spacial score (nSPS) is 12.7. The lowest BCUT2D eigenvalue weighted by atomic mass is 10.2. The number of carbonyl (C=O) groups excluding carboxylic acids is 1. The molecule has 3 rings (SSSR count). The maximum absolute atomic E-state index is 12.2. The number of hydrogen-bond donors (Lipinski definition) is 1. The number of aliphatic hydroxyl groups is 1. The van der Waals surface area contributed by atoms with Gasteiger partial charge in [0.2, 0.25) is 5.88 Å². The Morgan fingerprint density at radius 2 is 2.04 bits per heavy atom. The van der Waals surface area contributed by atoms with Crippen LogP contribution in [0.2, 0.25) is 0 Å². The monoisotopic (exact) mass is 358 g/mol. The summed E-state index contributed by atoms with van der Waals surface area (Å²) < 4.78 is 12.3. The molecule has 2 aromatic rings. The Morgan fingerprint density at radius 1 is 1.23 bits per heavy atom. The Kier molecular flexibility index (Phi) is 6.01. The van der Waals surface area contributed by atoms with Gasteiger partial charge in [0.05, 0.1) is 0 Å². The molecule has 0 amide bonds. The van der Waals surface area contributed by atoms with Crippen molar-refractivity contribution in [3.63, 3.8) is 0 Å². The lowest BCUT2D eigenvalue weighted by Crippen LogP contribution is -2.28. The van der Waals surface area contributed by atoms with Crippen molar-refractivity contribution in [1.82, 2.24) is 9.55 Å². The summed E-state index contributed by atoms with van der Waals surface area (Å²) in [6.45, 7) is 0.348. The molecule has 1 aliphatic carbocycles. The van der Waals surface area contributed by atoms with Gasteiger partial charge in [-0.2, -0.15) is 4.98 Å². The average molecular weight is 358 g/mol. The molecule has 0 spiro atoms. The SMILES string of the molecule is O=C(COc1nc(=O)n(CCCO)c2c1CCC2)OCc1ccccc1. The van der Waals surface area contributed by atoms with E-state index in [4.69, 9.17) is 14.6 Å². The van der Waals surface area contributed by atoms with Crippen LogP contribution in [0.15, 0.2) is 35.1 Å². The number of esters is 1. The molecule has 0 unspecified atom stereocenters. The first-order chi connectivity index (χ1) is 12.7. The highest BCUT2D eigenvalue weighted by Crippen LogP contribution is 2.27. The number of nitrogens with zero attached hydrogens (tertiary/aromatic N) is 2. The van der Waals surface area contributed by atoms with Gasteiger partial charge in [-0.05, 0) is 31.2 Å². The third kappa shape index (κ3) is 4.29. The molecule has 1 aromatic heterocycles. The smallest absolute Gasteiger partial charge is 0.351 e. The molecule has 0 fully saturated rings. The molecular formula is C19H22N2O5. The number of benzene rings is 1. The van der Waals surface area contributed by atoms with Crippen molar-refractivity contribution < 1.29 is 19.4 Å². The van der Waals surface area contributed by atoms with Crippen LogP contribution in [0.1, 0.15) is 29.7 Å². The van der Waals surface area contributed by atoms with Crippen LogP contribution in [-0.2, 0) is 35.5 Å². The van der Waals surface area contributed by atoms with Crippen molar-refractivity contribution in [2.24, 2.45) is 0 Å². The van der Waals surface area contributed by atoms with Gasteiger partial charge in [-0.25, -0.2) is 9.59 Å². The second kappa shape index (κ2) is 8.62. The molecule has 0 aliphatic heterocycles. The zero-order chi connectivity index (χ0) is 18.4. The van der Waals surface area contributed by atoms with E-state index >= 15 is 0 Å². The van der Waals surface area contributed by atoms with E-state index in [1.54, 1.807) is 4.57 Å². The molecule has 0 radical (unpaired) electrons. The van der Waals surface area contributed by atoms with Gasteiger partial charge in [0.25, 0.3) is 0 Å². The van der Waals surface area contributed by atoms with E-state index in [9.17, 15) is 9.59 Å². The van der Waals surface area contributed by atoms with Gasteiger partial charge >= 0.3 is 11.7 Å². The second-order valence-corrected chi connectivity index (χ2v) is 6.14. The molecule has 1 aliphatic rings. The highest BCUT2D eigenvalue weighted by Gasteiger charge is 2.23. The molecule has 26 heavy (non-hydrogen) atoms. The van der Waals surface area contributed by atoms with Gasteiger partial charge in [0.15, 0.2) is 6.61 Å². The minimum Gasteiger partial charge on any atom is -0.465 e. The van der Waals surface area contributed by atoms with E-state index in [2.05, 4.69) is 4.98 Å². The van der Waals surface area contributed by atoms with Crippen molar-refractivity contribution in [2.75, 3.05) is 13.2 Å². The van der Waals surface area contributed by atoms with Crippen molar-refractivity contribution in [1.29, 1.82) is 0 Å². The molecule has 1 N–H and O–H groups in total. The third-order valence-corrected chi connectivity index (χ3v) is 4.31. The van der Waals surface area contributed by atoms with Crippen molar-refractivity contribution >= 4 is 5.97 Å². The van der Waals surface area contributed by atoms with Crippen molar-refractivity contribution in [2.45, 2.75) is 38.8 Å². The molecular weight excluding hydrogens is 336 g/mol. The van der Waals surface area contributed by atoms with Crippen LogP contribution < -0.4 is 10.4 Å². The van der Waals surface area contributed by atoms with Crippen LogP contribution in [0.5, 0.6) is 5.88 Å². The topological polar surface area (TPSA) is 90.7 Å². The first-order valence-electron chi connectivity index (χ1n) is 8.75. The number of ether oxygens (including phenoxy) is 2. The first kappa shape index (κ1) is 18.1. The summed E-state index contributed by atoms with van der Waals surface area (Å²) in [6, 6.07) is 9.38. The zero-order valence-corrected chi connectivity index (χ0v) is 14.5. The van der Waals surface area contributed by atoms with Crippen LogP contribution in [0.4, 0.5) is 0 Å². The minimum absolute atomic E-state index is 0.0206. The highest BCUT2D eigenvalue weighted by molar-refractivity contribution is 5.71. The van der Waals surface area contributed by atoms with E-state index in [0.717, 1.165) is 36.1 Å². The molecule has 138 valence electrons. The average Bonchev–Trinajstić information content (AvgIpc) is 3.14. The Balaban J connectivity index is 1.63. The Labute approximate surface area is 151 Å². The van der Waals surface area contributed by atoms with E-state index in [1.807, 2.05) is 30.3 Å². The van der Waals surface area contributed by atoms with Gasteiger partial charge in [0.1, 0.15) is 6.61 Å². The lowest BCUT2D eigenvalue weighted by Gasteiger charge is -2.14. The Morgan fingerprint density at radius 3 is 2.81 bits per heavy atom. The van der Waals surface area contributed by atoms with Crippen LogP contribution in [0, 0.1) is 0 Å².